The van der Waals surface area contributed by atoms with Crippen molar-refractivity contribution < 1.29 is 19.1 Å². The van der Waals surface area contributed by atoms with E-state index in [0.29, 0.717) is 11.5 Å². The molecule has 12 heteroatoms. The lowest BCUT2D eigenvalue weighted by molar-refractivity contribution is -0.149. The molecule has 3 heterocycles. The summed E-state index contributed by atoms with van der Waals surface area (Å²) in [5.74, 6) is -0.263. The van der Waals surface area contributed by atoms with E-state index in [1.54, 1.807) is 31.5 Å². The van der Waals surface area contributed by atoms with Crippen LogP contribution in [0, 0.1) is 0 Å². The quantitative estimate of drug-likeness (QED) is 0.137. The third-order valence-electron chi connectivity index (χ3n) is 7.79. The maximum Gasteiger partial charge on any atom is 0.331 e. The number of aromatic nitrogens is 3. The van der Waals surface area contributed by atoms with Crippen LogP contribution in [0.25, 0.3) is 5.65 Å². The Morgan fingerprint density at radius 2 is 1.59 bits per heavy atom. The Balaban J connectivity index is 0.00000288. The summed E-state index contributed by atoms with van der Waals surface area (Å²) in [6, 6.07) is 24.6. The molecule has 1 aliphatic rings. The molecule has 1 saturated heterocycles. The molecule has 4 aromatic rings. The topological polar surface area (TPSA) is 110 Å². The van der Waals surface area contributed by atoms with Crippen LogP contribution in [0.1, 0.15) is 67.8 Å². The zero-order chi connectivity index (χ0) is 30.9. The van der Waals surface area contributed by atoms with Crippen molar-refractivity contribution in [3.05, 3.63) is 95.8 Å². The molecule has 0 aliphatic carbocycles. The van der Waals surface area contributed by atoms with Gasteiger partial charge in [-0.1, -0.05) is 60.7 Å². The average Bonchev–Trinajstić information content (AvgIpc) is 3.47. The summed E-state index contributed by atoms with van der Waals surface area (Å²) < 4.78 is 13.3. The normalized spacial score (nSPS) is 13.9. The van der Waals surface area contributed by atoms with Crippen LogP contribution >= 0.6 is 24.8 Å². The number of hydrogen-bond acceptors (Lipinski definition) is 8. The number of halogens is 2. The lowest BCUT2D eigenvalue weighted by Gasteiger charge is -2.34. The van der Waals surface area contributed by atoms with Gasteiger partial charge in [-0.15, -0.1) is 29.9 Å². The SMILES string of the molecule is CCOC(=O)C(C)(C)NC(=O)c1cn2nc(NCCCN3CCC(OC(c4ccccc4)c4ccccc4)CC3)ccc2n1.Cl.Cl. The Hall–Kier alpha value is -3.70. The fourth-order valence-corrected chi connectivity index (χ4v) is 5.38. The van der Waals surface area contributed by atoms with Crippen LogP contribution in [-0.2, 0) is 14.3 Å². The van der Waals surface area contributed by atoms with Gasteiger partial charge in [-0.25, -0.2) is 14.3 Å². The zero-order valence-electron chi connectivity index (χ0n) is 26.6. The Morgan fingerprint density at radius 3 is 2.20 bits per heavy atom. The molecule has 1 aliphatic heterocycles. The molecule has 10 nitrogen and oxygen atoms in total. The van der Waals surface area contributed by atoms with Gasteiger partial charge in [0.15, 0.2) is 5.65 Å². The number of imidazole rings is 1. The van der Waals surface area contributed by atoms with Crippen molar-refractivity contribution >= 4 is 48.2 Å². The van der Waals surface area contributed by atoms with Gasteiger partial charge in [0.05, 0.1) is 18.9 Å². The molecule has 46 heavy (non-hydrogen) atoms. The average molecular weight is 672 g/mol. The second-order valence-electron chi connectivity index (χ2n) is 11.6. The Labute approximate surface area is 283 Å². The number of nitrogens with zero attached hydrogens (tertiary/aromatic N) is 4. The van der Waals surface area contributed by atoms with E-state index in [2.05, 4.69) is 74.1 Å². The minimum absolute atomic E-state index is 0. The molecule has 0 saturated carbocycles. The number of rotatable bonds is 13. The Morgan fingerprint density at radius 1 is 0.957 bits per heavy atom. The fourth-order valence-electron chi connectivity index (χ4n) is 5.38. The van der Waals surface area contributed by atoms with E-state index in [4.69, 9.17) is 9.47 Å². The van der Waals surface area contributed by atoms with Gasteiger partial charge in [0, 0.05) is 19.6 Å². The van der Waals surface area contributed by atoms with Gasteiger partial charge < -0.3 is 25.0 Å². The third kappa shape index (κ3) is 9.65. The highest BCUT2D eigenvalue weighted by atomic mass is 35.5. The predicted octanol–water partition coefficient (Wildman–Crippen LogP) is 5.72. The molecular weight excluding hydrogens is 627 g/mol. The molecule has 2 aromatic carbocycles. The number of ether oxygens (including phenoxy) is 2. The van der Waals surface area contributed by atoms with Crippen molar-refractivity contribution in [3.63, 3.8) is 0 Å². The molecule has 1 amide bonds. The highest BCUT2D eigenvalue weighted by Crippen LogP contribution is 2.30. The van der Waals surface area contributed by atoms with Crippen LogP contribution in [0.4, 0.5) is 5.82 Å². The summed E-state index contributed by atoms with van der Waals surface area (Å²) in [6.07, 6.45) is 4.72. The van der Waals surface area contributed by atoms with E-state index < -0.39 is 17.4 Å². The van der Waals surface area contributed by atoms with Crippen LogP contribution in [0.3, 0.4) is 0 Å². The number of fused-ring (bicyclic) bond motifs is 1. The van der Waals surface area contributed by atoms with Crippen molar-refractivity contribution in [1.29, 1.82) is 0 Å². The number of hydrogen-bond donors (Lipinski definition) is 2. The van der Waals surface area contributed by atoms with E-state index in [0.717, 1.165) is 45.4 Å². The smallest absolute Gasteiger partial charge is 0.331 e. The van der Waals surface area contributed by atoms with Crippen LogP contribution < -0.4 is 10.6 Å². The molecule has 248 valence electrons. The van der Waals surface area contributed by atoms with Crippen LogP contribution in [0.5, 0.6) is 0 Å². The van der Waals surface area contributed by atoms with Crippen molar-refractivity contribution in [2.24, 2.45) is 0 Å². The first kappa shape index (κ1) is 36.8. The molecule has 0 unspecified atom stereocenters. The number of amides is 1. The first-order chi connectivity index (χ1) is 21.3. The number of anilines is 1. The number of esters is 1. The van der Waals surface area contributed by atoms with Crippen molar-refractivity contribution in [2.45, 2.75) is 57.8 Å². The van der Waals surface area contributed by atoms with Gasteiger partial charge in [-0.2, -0.15) is 0 Å². The van der Waals surface area contributed by atoms with E-state index in [9.17, 15) is 9.59 Å². The first-order valence-corrected chi connectivity index (χ1v) is 15.4. The number of piperidine rings is 1. The van der Waals surface area contributed by atoms with Gasteiger partial charge in [0.2, 0.25) is 0 Å². The molecule has 2 N–H and O–H groups in total. The standard InChI is InChI=1S/C34H42N6O4.2ClH/c1-4-43-33(42)34(2,3)37-32(41)28-24-40-30(36-28)17-16-29(38-40)35-20-11-21-39-22-18-27(19-23-39)44-31(25-12-7-5-8-13-25)26-14-9-6-10-15-26;;/h5-10,12-17,24,27,31H,4,11,18-23H2,1-3H3,(H,35,38)(H,37,41);2*1H. The largest absolute Gasteiger partial charge is 0.464 e. The fraction of sp³-hybridized carbons (Fsp3) is 0.412. The maximum atomic E-state index is 12.7. The van der Waals surface area contributed by atoms with E-state index in [1.165, 1.54) is 11.1 Å². The van der Waals surface area contributed by atoms with E-state index >= 15 is 0 Å². The van der Waals surface area contributed by atoms with Gasteiger partial charge in [-0.05, 0) is 69.8 Å². The Bertz CT molecular complexity index is 1490. The number of nitrogens with one attached hydrogen (secondary N) is 2. The highest BCUT2D eigenvalue weighted by molar-refractivity contribution is 5.96. The summed E-state index contributed by atoms with van der Waals surface area (Å²) in [5.41, 5.74) is 1.93. The predicted molar refractivity (Wildman–Crippen MR) is 184 cm³/mol. The second-order valence-corrected chi connectivity index (χ2v) is 11.6. The molecule has 0 atom stereocenters. The van der Waals surface area contributed by atoms with E-state index in [-0.39, 0.29) is 49.3 Å². The van der Waals surface area contributed by atoms with Crippen molar-refractivity contribution in [1.82, 2.24) is 24.8 Å². The van der Waals surface area contributed by atoms with Crippen molar-refractivity contribution in [3.8, 4) is 0 Å². The highest BCUT2D eigenvalue weighted by Gasteiger charge is 2.32. The molecule has 0 radical (unpaired) electrons. The number of carbonyl (C=O) groups is 2. The number of carbonyl (C=O) groups excluding carboxylic acids is 2. The van der Waals surface area contributed by atoms with Gasteiger partial charge in [0.25, 0.3) is 5.91 Å². The van der Waals surface area contributed by atoms with Gasteiger partial charge >= 0.3 is 5.97 Å². The van der Waals surface area contributed by atoms with Crippen LogP contribution in [0.15, 0.2) is 79.0 Å². The molecule has 2 aromatic heterocycles. The van der Waals surface area contributed by atoms with E-state index in [1.807, 2.05) is 24.3 Å². The zero-order valence-corrected chi connectivity index (χ0v) is 28.2. The summed E-state index contributed by atoms with van der Waals surface area (Å²) in [5, 5.41) is 10.6. The Kier molecular flexibility index (Phi) is 13.8. The minimum Gasteiger partial charge on any atom is -0.464 e. The lowest BCUT2D eigenvalue weighted by atomic mass is 10.00. The monoisotopic (exact) mass is 670 g/mol. The van der Waals surface area contributed by atoms with Crippen LogP contribution in [-0.4, -0.2) is 75.8 Å². The van der Waals surface area contributed by atoms with Crippen molar-refractivity contribution in [2.75, 3.05) is 38.1 Å². The second kappa shape index (κ2) is 17.3. The summed E-state index contributed by atoms with van der Waals surface area (Å²) in [7, 11) is 0. The van der Waals surface area contributed by atoms with Gasteiger partial charge in [0.1, 0.15) is 23.2 Å². The molecule has 5 rings (SSSR count). The third-order valence-corrected chi connectivity index (χ3v) is 7.79. The van der Waals surface area contributed by atoms with Crippen LogP contribution in [0.2, 0.25) is 0 Å². The summed E-state index contributed by atoms with van der Waals surface area (Å²) in [6.45, 7) is 8.96. The number of likely N-dealkylation sites (tertiary alicyclic amines) is 1. The lowest BCUT2D eigenvalue weighted by Crippen LogP contribution is -2.50. The summed E-state index contributed by atoms with van der Waals surface area (Å²) in [4.78, 5) is 31.7. The molecular formula is C34H44Cl2N6O4. The molecule has 0 bridgehead atoms. The summed E-state index contributed by atoms with van der Waals surface area (Å²) >= 11 is 0. The molecule has 0 spiro atoms. The molecule has 1 fully saturated rings. The first-order valence-electron chi connectivity index (χ1n) is 15.4. The minimum atomic E-state index is -1.17. The van der Waals surface area contributed by atoms with Gasteiger partial charge in [-0.3, -0.25) is 4.79 Å². The number of benzene rings is 2. The maximum absolute atomic E-state index is 12.7.